The minimum Gasteiger partial charge on any atom is -0.395 e. The fourth-order valence-electron chi connectivity index (χ4n) is 3.46. The first-order chi connectivity index (χ1) is 15.2. The molecule has 0 saturated heterocycles. The van der Waals surface area contributed by atoms with Crippen LogP contribution in [0.5, 0.6) is 11.5 Å². The van der Waals surface area contributed by atoms with E-state index >= 15 is 0 Å². The lowest BCUT2D eigenvalue weighted by molar-refractivity contribution is -0.286. The number of nitrogens with one attached hydrogen (secondary N) is 2. The number of fused-ring (bicyclic) bond motifs is 1. The molecule has 0 spiro atoms. The average molecular weight is 442 g/mol. The van der Waals surface area contributed by atoms with E-state index in [1.165, 1.54) is 12.1 Å². The van der Waals surface area contributed by atoms with Crippen molar-refractivity contribution in [2.24, 2.45) is 0 Å². The predicted molar refractivity (Wildman–Crippen MR) is 109 cm³/mol. The van der Waals surface area contributed by atoms with E-state index in [1.54, 1.807) is 10.7 Å². The fraction of sp³-hybridized carbons (Fsp3) is 0.333. The zero-order valence-corrected chi connectivity index (χ0v) is 17.4. The number of aromatic nitrogens is 4. The van der Waals surface area contributed by atoms with E-state index in [1.807, 2.05) is 26.0 Å². The summed E-state index contributed by atoms with van der Waals surface area (Å²) in [5.74, 6) is 0.350. The van der Waals surface area contributed by atoms with Crippen LogP contribution in [-0.4, -0.2) is 38.0 Å². The molecule has 0 bridgehead atoms. The van der Waals surface area contributed by atoms with Crippen molar-refractivity contribution in [1.82, 2.24) is 25.1 Å². The smallest absolute Gasteiger partial charge is 0.395 e. The summed E-state index contributed by atoms with van der Waals surface area (Å²) in [6, 6.07) is 8.21. The lowest BCUT2D eigenvalue weighted by Gasteiger charge is -2.08. The molecule has 32 heavy (non-hydrogen) atoms. The summed E-state index contributed by atoms with van der Waals surface area (Å²) in [6.45, 7) is 3.74. The lowest BCUT2D eigenvalue weighted by atomic mass is 10.2. The Hall–Kier alpha value is -3.76. The SMILES string of the molecule is Cc1cc(-n2nc(Nc3ccc4c(c3)OC(F)(F)O4)nc2CC(=O)NC2CC2)cc(C)n1. The van der Waals surface area contributed by atoms with Crippen molar-refractivity contribution < 1.29 is 23.0 Å². The van der Waals surface area contributed by atoms with Crippen molar-refractivity contribution in [2.45, 2.75) is 45.4 Å². The van der Waals surface area contributed by atoms with Crippen LogP contribution < -0.4 is 20.1 Å². The summed E-state index contributed by atoms with van der Waals surface area (Å²) in [5.41, 5.74) is 2.75. The summed E-state index contributed by atoms with van der Waals surface area (Å²) in [4.78, 5) is 21.3. The minimum absolute atomic E-state index is 0.0406. The molecule has 1 aromatic carbocycles. The molecule has 0 atom stereocenters. The van der Waals surface area contributed by atoms with Gasteiger partial charge in [0.25, 0.3) is 0 Å². The summed E-state index contributed by atoms with van der Waals surface area (Å²) < 4.78 is 37.1. The van der Waals surface area contributed by atoms with Crippen LogP contribution >= 0.6 is 0 Å². The molecule has 1 aliphatic carbocycles. The molecule has 1 fully saturated rings. The van der Waals surface area contributed by atoms with Gasteiger partial charge in [0.1, 0.15) is 5.82 Å². The maximum atomic E-state index is 13.3. The van der Waals surface area contributed by atoms with E-state index in [0.717, 1.165) is 29.9 Å². The lowest BCUT2D eigenvalue weighted by Crippen LogP contribution is -2.28. The van der Waals surface area contributed by atoms with E-state index < -0.39 is 6.29 Å². The van der Waals surface area contributed by atoms with Gasteiger partial charge in [-0.25, -0.2) is 4.68 Å². The zero-order valence-electron chi connectivity index (χ0n) is 17.4. The Labute approximate surface area is 181 Å². The predicted octanol–water partition coefficient (Wildman–Crippen LogP) is 3.17. The Balaban J connectivity index is 1.44. The first kappa shape index (κ1) is 20.2. The number of carbonyl (C=O) groups excluding carboxylic acids is 1. The molecule has 1 amide bonds. The van der Waals surface area contributed by atoms with Gasteiger partial charge in [0.2, 0.25) is 11.9 Å². The molecule has 5 rings (SSSR count). The van der Waals surface area contributed by atoms with Crippen LogP contribution in [0.2, 0.25) is 0 Å². The van der Waals surface area contributed by atoms with Crippen molar-refractivity contribution in [3.63, 3.8) is 0 Å². The third kappa shape index (κ3) is 4.32. The van der Waals surface area contributed by atoms with Crippen LogP contribution in [0.15, 0.2) is 30.3 Å². The Bertz CT molecular complexity index is 1190. The fourth-order valence-corrected chi connectivity index (χ4v) is 3.46. The molecule has 2 aromatic heterocycles. The normalized spacial score (nSPS) is 16.1. The van der Waals surface area contributed by atoms with Gasteiger partial charge in [-0.1, -0.05) is 0 Å². The topological polar surface area (TPSA) is 103 Å². The van der Waals surface area contributed by atoms with Crippen LogP contribution in [0.4, 0.5) is 20.4 Å². The molecule has 0 unspecified atom stereocenters. The summed E-state index contributed by atoms with van der Waals surface area (Å²) in [7, 11) is 0. The van der Waals surface area contributed by atoms with E-state index in [4.69, 9.17) is 0 Å². The molecule has 3 aromatic rings. The highest BCUT2D eigenvalue weighted by Crippen LogP contribution is 2.42. The number of alkyl halides is 2. The van der Waals surface area contributed by atoms with Gasteiger partial charge in [-0.3, -0.25) is 9.78 Å². The van der Waals surface area contributed by atoms with Crippen molar-refractivity contribution >= 4 is 17.5 Å². The molecule has 11 heteroatoms. The molecule has 0 radical (unpaired) electrons. The van der Waals surface area contributed by atoms with Gasteiger partial charge in [0.15, 0.2) is 11.5 Å². The highest BCUT2D eigenvalue weighted by atomic mass is 19.3. The highest BCUT2D eigenvalue weighted by molar-refractivity contribution is 5.78. The zero-order chi connectivity index (χ0) is 22.5. The van der Waals surface area contributed by atoms with Gasteiger partial charge in [0.05, 0.1) is 12.1 Å². The maximum Gasteiger partial charge on any atom is 0.586 e. The molecule has 9 nitrogen and oxygen atoms in total. The van der Waals surface area contributed by atoms with E-state index in [-0.39, 0.29) is 35.8 Å². The van der Waals surface area contributed by atoms with Crippen LogP contribution in [0.1, 0.15) is 30.1 Å². The van der Waals surface area contributed by atoms with Crippen molar-refractivity contribution in [3.05, 3.63) is 47.5 Å². The Morgan fingerprint density at radius 1 is 1.12 bits per heavy atom. The number of pyridine rings is 1. The summed E-state index contributed by atoms with van der Waals surface area (Å²) in [5, 5.41) is 10.4. The van der Waals surface area contributed by atoms with Crippen LogP contribution in [0.3, 0.4) is 0 Å². The number of rotatable bonds is 6. The van der Waals surface area contributed by atoms with Gasteiger partial charge in [-0.05, 0) is 51.0 Å². The van der Waals surface area contributed by atoms with Crippen LogP contribution in [0, 0.1) is 13.8 Å². The van der Waals surface area contributed by atoms with Crippen molar-refractivity contribution in [2.75, 3.05) is 5.32 Å². The quantitative estimate of drug-likeness (QED) is 0.604. The van der Waals surface area contributed by atoms with Crippen molar-refractivity contribution in [1.29, 1.82) is 0 Å². The van der Waals surface area contributed by atoms with E-state index in [2.05, 4.69) is 35.2 Å². The number of benzene rings is 1. The number of anilines is 2. The third-order valence-corrected chi connectivity index (χ3v) is 4.90. The minimum atomic E-state index is -3.69. The number of amides is 1. The number of halogens is 2. The Morgan fingerprint density at radius 2 is 1.84 bits per heavy atom. The number of carbonyl (C=O) groups is 1. The summed E-state index contributed by atoms with van der Waals surface area (Å²) in [6.07, 6.45) is -1.69. The van der Waals surface area contributed by atoms with Gasteiger partial charge in [0, 0.05) is 29.2 Å². The van der Waals surface area contributed by atoms with Gasteiger partial charge >= 0.3 is 6.29 Å². The van der Waals surface area contributed by atoms with Gasteiger partial charge < -0.3 is 20.1 Å². The van der Waals surface area contributed by atoms with Crippen LogP contribution in [-0.2, 0) is 11.2 Å². The first-order valence-electron chi connectivity index (χ1n) is 10.1. The Morgan fingerprint density at radius 3 is 2.56 bits per heavy atom. The first-order valence-corrected chi connectivity index (χ1v) is 10.1. The molecular weight excluding hydrogens is 422 g/mol. The van der Waals surface area contributed by atoms with Gasteiger partial charge in [-0.15, -0.1) is 13.9 Å². The largest absolute Gasteiger partial charge is 0.586 e. The molecule has 2 N–H and O–H groups in total. The molecule has 1 saturated carbocycles. The molecule has 3 heterocycles. The van der Waals surface area contributed by atoms with E-state index in [0.29, 0.717) is 11.5 Å². The number of nitrogens with zero attached hydrogens (tertiary/aromatic N) is 4. The number of hydrogen-bond donors (Lipinski definition) is 2. The second kappa shape index (κ2) is 7.43. The number of aryl methyl sites for hydroxylation is 2. The number of ether oxygens (including phenoxy) is 2. The molecular formula is C21H20F2N6O3. The van der Waals surface area contributed by atoms with Gasteiger partial charge in [-0.2, -0.15) is 4.98 Å². The monoisotopic (exact) mass is 442 g/mol. The second-order valence-corrected chi connectivity index (χ2v) is 7.84. The highest BCUT2D eigenvalue weighted by Gasteiger charge is 2.43. The van der Waals surface area contributed by atoms with E-state index in [9.17, 15) is 13.6 Å². The standard InChI is InChI=1S/C21H20F2N6O3/c1-11-7-15(8-12(2)24-11)29-18(10-19(30)25-13-3-4-13)27-20(28-29)26-14-5-6-16-17(9-14)32-21(22,23)31-16/h5-9,13H,3-4,10H2,1-2H3,(H,25,30)(H,26,28). The van der Waals surface area contributed by atoms with Crippen LogP contribution in [0.25, 0.3) is 5.69 Å². The summed E-state index contributed by atoms with van der Waals surface area (Å²) >= 11 is 0. The molecule has 166 valence electrons. The Kier molecular flexibility index (Phi) is 4.68. The molecule has 1 aliphatic heterocycles. The maximum absolute atomic E-state index is 13.3. The third-order valence-electron chi connectivity index (χ3n) is 4.90. The average Bonchev–Trinajstić information content (AvgIpc) is 3.32. The molecule has 2 aliphatic rings. The number of hydrogen-bond acceptors (Lipinski definition) is 7. The van der Waals surface area contributed by atoms with Crippen molar-refractivity contribution in [3.8, 4) is 17.2 Å². The second-order valence-electron chi connectivity index (χ2n) is 7.84.